The molecule has 0 unspecified atom stereocenters. The molecule has 0 saturated carbocycles. The van der Waals surface area contributed by atoms with Crippen molar-refractivity contribution in [3.63, 3.8) is 0 Å². The average molecular weight is 549 g/mol. The number of aryl methyl sites for hydroxylation is 2. The Balaban J connectivity index is 0.000000415. The second-order valence-corrected chi connectivity index (χ2v) is 23.6. The Kier molecular flexibility index (Phi) is 14.3. The van der Waals surface area contributed by atoms with Crippen LogP contribution in [-0.2, 0) is 21.6 Å². The van der Waals surface area contributed by atoms with Crippen LogP contribution in [0.15, 0.2) is 72.8 Å². The Morgan fingerprint density at radius 1 is 0.929 bits per heavy atom. The first-order valence-electron chi connectivity index (χ1n) is 8.94. The van der Waals surface area contributed by atoms with Crippen LogP contribution in [0.25, 0.3) is 16.3 Å². The van der Waals surface area contributed by atoms with Gasteiger partial charge in [0.25, 0.3) is 0 Å². The number of rotatable bonds is 1. The van der Waals surface area contributed by atoms with Gasteiger partial charge >= 0.3 is 43.1 Å². The van der Waals surface area contributed by atoms with Gasteiger partial charge < -0.3 is 24.8 Å². The van der Waals surface area contributed by atoms with Gasteiger partial charge in [-0.05, 0) is 0 Å². The molecule has 0 atom stereocenters. The molecule has 4 heteroatoms. The summed E-state index contributed by atoms with van der Waals surface area (Å²) in [7, 11) is -0.243. The number of hydrogen-bond donors (Lipinski definition) is 0. The zero-order valence-corrected chi connectivity index (χ0v) is 23.0. The van der Waals surface area contributed by atoms with Crippen LogP contribution >= 0.6 is 0 Å². The zero-order valence-electron chi connectivity index (χ0n) is 16.9. The van der Waals surface area contributed by atoms with E-state index in [1.54, 1.807) is 21.6 Å². The molecule has 0 aromatic heterocycles. The van der Waals surface area contributed by atoms with Crippen molar-refractivity contribution < 1.29 is 46.4 Å². The first kappa shape index (κ1) is 27.5. The molecule has 0 heterocycles. The van der Waals surface area contributed by atoms with E-state index in [0.717, 1.165) is 6.42 Å². The first-order chi connectivity index (χ1) is 12.5. The van der Waals surface area contributed by atoms with Crippen molar-refractivity contribution >= 4 is 26.3 Å². The molecule has 0 N–H and O–H groups in total. The van der Waals surface area contributed by atoms with E-state index in [2.05, 4.69) is 98.2 Å². The normalized spacial score (nSPS) is 11.1. The van der Waals surface area contributed by atoms with E-state index in [1.165, 1.54) is 33.0 Å². The molecule has 4 rings (SSSR count). The maximum absolute atomic E-state index is 3.15. The van der Waals surface area contributed by atoms with Crippen LogP contribution in [0.2, 0.25) is 11.5 Å². The van der Waals surface area contributed by atoms with Crippen LogP contribution in [-0.4, -0.2) is 9.98 Å². The van der Waals surface area contributed by atoms with Crippen LogP contribution < -0.4 is 24.8 Å². The van der Waals surface area contributed by atoms with E-state index in [9.17, 15) is 0 Å². The third kappa shape index (κ3) is 8.91. The predicted molar refractivity (Wildman–Crippen MR) is 113 cm³/mol. The van der Waals surface area contributed by atoms with Gasteiger partial charge in [-0.15, -0.1) is 52.6 Å². The fourth-order valence-corrected chi connectivity index (χ4v) is 2.75. The Morgan fingerprint density at radius 2 is 1.50 bits per heavy atom. The number of allylic oxidation sites excluding steroid dienone is 4. The monoisotopic (exact) mass is 548 g/mol. The second-order valence-electron chi connectivity index (χ2n) is 6.62. The van der Waals surface area contributed by atoms with E-state index in [-0.39, 0.29) is 34.8 Å². The third-order valence-corrected chi connectivity index (χ3v) is 4.13. The van der Waals surface area contributed by atoms with Crippen LogP contribution in [0.3, 0.4) is 0 Å². The van der Waals surface area contributed by atoms with E-state index < -0.39 is 0 Å². The molecule has 1 aliphatic rings. The summed E-state index contributed by atoms with van der Waals surface area (Å²) >= 11 is 1.80. The summed E-state index contributed by atoms with van der Waals surface area (Å²) in [6.45, 7) is 4.34. The maximum atomic E-state index is 3.15. The minimum absolute atomic E-state index is 0. The van der Waals surface area contributed by atoms with Crippen molar-refractivity contribution in [2.75, 3.05) is 0 Å². The van der Waals surface area contributed by atoms with E-state index in [1.807, 2.05) is 6.07 Å². The molecule has 0 nitrogen and oxygen atoms in total. The van der Waals surface area contributed by atoms with Crippen LogP contribution in [0.4, 0.5) is 0 Å². The molecule has 0 spiro atoms. The van der Waals surface area contributed by atoms with Gasteiger partial charge in [-0.25, -0.2) is 6.08 Å². The number of benzene rings is 2. The van der Waals surface area contributed by atoms with Crippen molar-refractivity contribution in [1.29, 1.82) is 0 Å². The summed E-state index contributed by atoms with van der Waals surface area (Å²) < 4.78 is 0. The topological polar surface area (TPSA) is 0 Å². The molecule has 28 heavy (non-hydrogen) atoms. The fourth-order valence-electron chi connectivity index (χ4n) is 2.75. The first-order valence-corrected chi connectivity index (χ1v) is 20.6. The Morgan fingerprint density at radius 3 is 2.04 bits per heavy atom. The summed E-state index contributed by atoms with van der Waals surface area (Å²) in [6, 6.07) is 21.1. The molecular weight excluding hydrogens is 523 g/mol. The van der Waals surface area contributed by atoms with Gasteiger partial charge in [0, 0.05) is 0 Å². The van der Waals surface area contributed by atoms with E-state index in [4.69, 9.17) is 0 Å². The van der Waals surface area contributed by atoms with E-state index >= 15 is 0 Å². The maximum Gasteiger partial charge on any atom is -1.00 e. The van der Waals surface area contributed by atoms with Crippen molar-refractivity contribution in [3.05, 3.63) is 95.6 Å². The SMILES string of the molecule is Cc1[cH-]c2ccccc2c1C.[C-]1=CC(c2ccccc2)=CC1.[CH3][Ge]([CH3])=[Zr+2].[Cl-].[Cl-]. The summed E-state index contributed by atoms with van der Waals surface area (Å²) in [4.78, 5) is 0. The van der Waals surface area contributed by atoms with E-state index in [0.29, 0.717) is 0 Å². The molecule has 0 amide bonds. The molecule has 0 radical (unpaired) electrons. The quantitative estimate of drug-likeness (QED) is 0.312. The van der Waals surface area contributed by atoms with Crippen molar-refractivity contribution in [3.8, 4) is 0 Å². The fraction of sp³-hybridized carbons (Fsp3) is 0.208. The van der Waals surface area contributed by atoms with Gasteiger partial charge in [-0.2, -0.15) is 17.2 Å². The molecule has 146 valence electrons. The van der Waals surface area contributed by atoms with Gasteiger partial charge in [0.2, 0.25) is 0 Å². The second kappa shape index (κ2) is 14.5. The Bertz CT molecular complexity index is 920. The van der Waals surface area contributed by atoms with Crippen molar-refractivity contribution in [1.82, 2.24) is 0 Å². The standard InChI is InChI=1S/C11H11.C11H9.C2H6Ge.2ClH.Zr/c1-8-7-10-5-3-4-6-11(10)9(8)2;1-2-6-10(7-3-1)11-8-4-5-9-11;1-3-2;;;/h3-7H,1-2H3;1-3,6-9H,4H2;1-2H3;2*1H;/q2*-1;;;;+2/p-2. The molecule has 3 aromatic rings. The number of halogens is 2. The molecule has 0 aliphatic heterocycles. The zero-order chi connectivity index (χ0) is 18.9. The van der Waals surface area contributed by atoms with Gasteiger partial charge in [-0.1, -0.05) is 50.2 Å². The third-order valence-electron chi connectivity index (χ3n) is 4.13. The summed E-state index contributed by atoms with van der Waals surface area (Å²) in [5.41, 5.74) is 5.40. The minimum atomic E-state index is -0.243. The van der Waals surface area contributed by atoms with Crippen LogP contribution in [0.5, 0.6) is 0 Å². The minimum Gasteiger partial charge on any atom is -1.00 e. The number of hydrogen-bond acceptors (Lipinski definition) is 0. The van der Waals surface area contributed by atoms with Gasteiger partial charge in [0.1, 0.15) is 0 Å². The molecule has 1 aliphatic carbocycles. The summed E-state index contributed by atoms with van der Waals surface area (Å²) in [6.07, 6.45) is 8.36. The molecule has 0 saturated heterocycles. The molecule has 3 aromatic carbocycles. The predicted octanol–water partition coefficient (Wildman–Crippen LogP) is 0.801. The van der Waals surface area contributed by atoms with Crippen molar-refractivity contribution in [2.24, 2.45) is 0 Å². The smallest absolute Gasteiger partial charge is 1.00 e. The summed E-state index contributed by atoms with van der Waals surface area (Å²) in [5.74, 6) is 4.75. The molecule has 0 bridgehead atoms. The van der Waals surface area contributed by atoms with Crippen molar-refractivity contribution in [2.45, 2.75) is 31.8 Å². The van der Waals surface area contributed by atoms with Gasteiger partial charge in [0.05, 0.1) is 0 Å². The van der Waals surface area contributed by atoms with Gasteiger partial charge in [0.15, 0.2) is 0 Å². The number of fused-ring (bicyclic) bond motifs is 1. The van der Waals surface area contributed by atoms with Crippen LogP contribution in [0, 0.1) is 19.9 Å². The average Bonchev–Trinajstić information content (AvgIpc) is 3.26. The van der Waals surface area contributed by atoms with Gasteiger partial charge in [-0.3, -0.25) is 6.08 Å². The summed E-state index contributed by atoms with van der Waals surface area (Å²) in [5, 5.41) is 2.76. The van der Waals surface area contributed by atoms with Crippen LogP contribution in [0.1, 0.15) is 23.1 Å². The molecule has 0 fully saturated rings. The largest absolute Gasteiger partial charge is 1.00 e. The molecular formula is C24H26Cl2GeZr-2. The Hall–Kier alpha value is -0.464. The Labute approximate surface area is 198 Å².